The number of fused-ring (bicyclic) bond motifs is 1. The van der Waals surface area contributed by atoms with Gasteiger partial charge in [-0.1, -0.05) is 18.2 Å². The van der Waals surface area contributed by atoms with Crippen LogP contribution in [0.25, 0.3) is 10.9 Å². The van der Waals surface area contributed by atoms with Crippen LogP contribution in [0.5, 0.6) is 0 Å². The van der Waals surface area contributed by atoms with Crippen molar-refractivity contribution < 1.29 is 9.63 Å². The number of amides is 1. The average molecular weight is 247 g/mol. The molecule has 0 aliphatic carbocycles. The Bertz CT molecular complexity index is 536. The molecule has 18 heavy (non-hydrogen) atoms. The zero-order chi connectivity index (χ0) is 13.0. The molecule has 1 atom stereocenters. The highest BCUT2D eigenvalue weighted by molar-refractivity contribution is 5.85. The van der Waals surface area contributed by atoms with Crippen molar-refractivity contribution in [2.24, 2.45) is 5.73 Å². The van der Waals surface area contributed by atoms with E-state index < -0.39 is 6.04 Å². The summed E-state index contributed by atoms with van der Waals surface area (Å²) in [6.45, 7) is 2.22. The molecule has 0 fully saturated rings. The Labute approximate surface area is 105 Å². The summed E-state index contributed by atoms with van der Waals surface area (Å²) < 4.78 is 0. The number of nitrogens with one attached hydrogen (secondary N) is 2. The average Bonchev–Trinajstić information content (AvgIpc) is 2.79. The van der Waals surface area contributed by atoms with Crippen LogP contribution in [-0.2, 0) is 16.1 Å². The van der Waals surface area contributed by atoms with Crippen LogP contribution in [0.15, 0.2) is 30.5 Å². The first-order chi connectivity index (χ1) is 8.72. The Hall–Kier alpha value is -1.85. The number of carbonyl (C=O) groups is 1. The SMILES string of the molecule is CCONC(=O)[C@@H](N)Cc1c[nH]c2ccccc12. The number of H-pyrrole nitrogens is 1. The third-order valence-electron chi connectivity index (χ3n) is 2.77. The number of para-hydroxylation sites is 1. The number of hydrogen-bond donors (Lipinski definition) is 3. The standard InChI is InChI=1S/C13H17N3O2/c1-2-18-16-13(17)11(14)7-9-8-15-12-6-4-3-5-10(9)12/h3-6,8,11,15H,2,7,14H2,1H3,(H,16,17)/t11-/m0/s1. The maximum absolute atomic E-state index is 11.6. The topological polar surface area (TPSA) is 80.1 Å². The van der Waals surface area contributed by atoms with E-state index in [0.29, 0.717) is 13.0 Å². The number of nitrogens with two attached hydrogens (primary N) is 1. The Morgan fingerprint density at radius 2 is 2.28 bits per heavy atom. The highest BCUT2D eigenvalue weighted by Crippen LogP contribution is 2.18. The van der Waals surface area contributed by atoms with Crippen molar-refractivity contribution in [3.8, 4) is 0 Å². The maximum atomic E-state index is 11.6. The van der Waals surface area contributed by atoms with Crippen LogP contribution in [0, 0.1) is 0 Å². The van der Waals surface area contributed by atoms with E-state index in [2.05, 4.69) is 10.5 Å². The number of hydroxylamine groups is 1. The molecule has 1 aromatic carbocycles. The molecule has 1 aromatic heterocycles. The van der Waals surface area contributed by atoms with Gasteiger partial charge in [-0.3, -0.25) is 9.63 Å². The van der Waals surface area contributed by atoms with Crippen molar-refractivity contribution >= 4 is 16.8 Å². The van der Waals surface area contributed by atoms with Crippen molar-refractivity contribution in [2.45, 2.75) is 19.4 Å². The van der Waals surface area contributed by atoms with Crippen LogP contribution in [-0.4, -0.2) is 23.5 Å². The lowest BCUT2D eigenvalue weighted by molar-refractivity contribution is -0.134. The van der Waals surface area contributed by atoms with Gasteiger partial charge in [0.1, 0.15) is 0 Å². The molecular weight excluding hydrogens is 230 g/mol. The Morgan fingerprint density at radius 3 is 3.06 bits per heavy atom. The summed E-state index contributed by atoms with van der Waals surface area (Å²) in [7, 11) is 0. The predicted molar refractivity (Wildman–Crippen MR) is 69.7 cm³/mol. The number of benzene rings is 1. The first kappa shape index (κ1) is 12.6. The summed E-state index contributed by atoms with van der Waals surface area (Å²) in [4.78, 5) is 19.6. The molecule has 0 bridgehead atoms. The van der Waals surface area contributed by atoms with Crippen molar-refractivity contribution in [3.05, 3.63) is 36.0 Å². The first-order valence-electron chi connectivity index (χ1n) is 5.94. The lowest BCUT2D eigenvalue weighted by Crippen LogP contribution is -2.41. The van der Waals surface area contributed by atoms with Gasteiger partial charge in [-0.25, -0.2) is 5.48 Å². The number of rotatable bonds is 5. The molecule has 2 rings (SSSR count). The van der Waals surface area contributed by atoms with Gasteiger partial charge in [0.05, 0.1) is 12.6 Å². The van der Waals surface area contributed by atoms with Crippen molar-refractivity contribution in [1.82, 2.24) is 10.5 Å². The second-order valence-electron chi connectivity index (χ2n) is 4.07. The fourth-order valence-electron chi connectivity index (χ4n) is 1.85. The monoisotopic (exact) mass is 247 g/mol. The molecule has 0 unspecified atom stereocenters. The second-order valence-corrected chi connectivity index (χ2v) is 4.07. The Balaban J connectivity index is 2.07. The third-order valence-corrected chi connectivity index (χ3v) is 2.77. The van der Waals surface area contributed by atoms with Crippen LogP contribution in [0.4, 0.5) is 0 Å². The van der Waals surface area contributed by atoms with Gasteiger partial charge >= 0.3 is 0 Å². The Kier molecular flexibility index (Phi) is 3.96. The lowest BCUT2D eigenvalue weighted by Gasteiger charge is -2.10. The molecule has 0 aliphatic heterocycles. The van der Waals surface area contributed by atoms with E-state index in [4.69, 9.17) is 10.6 Å². The number of aromatic nitrogens is 1. The van der Waals surface area contributed by atoms with Crippen LogP contribution >= 0.6 is 0 Å². The largest absolute Gasteiger partial charge is 0.361 e. The summed E-state index contributed by atoms with van der Waals surface area (Å²) in [5.74, 6) is -0.304. The molecule has 4 N–H and O–H groups in total. The maximum Gasteiger partial charge on any atom is 0.260 e. The van der Waals surface area contributed by atoms with E-state index in [1.165, 1.54) is 0 Å². The van der Waals surface area contributed by atoms with Crippen molar-refractivity contribution in [3.63, 3.8) is 0 Å². The van der Waals surface area contributed by atoms with Gasteiger partial charge in [-0.05, 0) is 25.0 Å². The highest BCUT2D eigenvalue weighted by atomic mass is 16.6. The minimum atomic E-state index is -0.615. The molecule has 0 saturated heterocycles. The molecule has 96 valence electrons. The van der Waals surface area contributed by atoms with Crippen LogP contribution in [0.1, 0.15) is 12.5 Å². The molecule has 0 radical (unpaired) electrons. The number of aromatic amines is 1. The summed E-state index contributed by atoms with van der Waals surface area (Å²) >= 11 is 0. The van der Waals surface area contributed by atoms with Crippen molar-refractivity contribution in [2.75, 3.05) is 6.61 Å². The summed E-state index contributed by atoms with van der Waals surface area (Å²) in [6, 6.07) is 7.31. The highest BCUT2D eigenvalue weighted by Gasteiger charge is 2.15. The first-order valence-corrected chi connectivity index (χ1v) is 5.94. The van der Waals surface area contributed by atoms with E-state index in [1.54, 1.807) is 6.92 Å². The molecule has 2 aromatic rings. The van der Waals surface area contributed by atoms with E-state index in [0.717, 1.165) is 16.5 Å². The summed E-state index contributed by atoms with van der Waals surface area (Å²) in [5, 5.41) is 1.09. The molecule has 0 spiro atoms. The van der Waals surface area contributed by atoms with Gasteiger partial charge < -0.3 is 10.7 Å². The van der Waals surface area contributed by atoms with Gasteiger partial charge in [0.25, 0.3) is 5.91 Å². The van der Waals surface area contributed by atoms with Crippen LogP contribution in [0.2, 0.25) is 0 Å². The molecule has 1 amide bonds. The summed E-state index contributed by atoms with van der Waals surface area (Å²) in [5.41, 5.74) is 10.2. The Morgan fingerprint density at radius 1 is 1.50 bits per heavy atom. The predicted octanol–water partition coefficient (Wildman–Crippen LogP) is 1.11. The van der Waals surface area contributed by atoms with E-state index in [-0.39, 0.29) is 5.91 Å². The van der Waals surface area contributed by atoms with E-state index in [9.17, 15) is 4.79 Å². The molecular formula is C13H17N3O2. The van der Waals surface area contributed by atoms with Gasteiger partial charge in [0.15, 0.2) is 0 Å². The fourth-order valence-corrected chi connectivity index (χ4v) is 1.85. The number of carbonyl (C=O) groups excluding carboxylic acids is 1. The minimum absolute atomic E-state index is 0.304. The molecule has 0 saturated carbocycles. The summed E-state index contributed by atoms with van der Waals surface area (Å²) in [6.07, 6.45) is 2.36. The van der Waals surface area contributed by atoms with Gasteiger partial charge in [0.2, 0.25) is 0 Å². The third kappa shape index (κ3) is 2.69. The van der Waals surface area contributed by atoms with Gasteiger partial charge in [-0.15, -0.1) is 0 Å². The minimum Gasteiger partial charge on any atom is -0.361 e. The fraction of sp³-hybridized carbons (Fsp3) is 0.308. The second kappa shape index (κ2) is 5.66. The van der Waals surface area contributed by atoms with Crippen molar-refractivity contribution in [1.29, 1.82) is 0 Å². The van der Waals surface area contributed by atoms with Gasteiger partial charge in [-0.2, -0.15) is 0 Å². The molecule has 1 heterocycles. The zero-order valence-electron chi connectivity index (χ0n) is 10.3. The van der Waals surface area contributed by atoms with E-state index in [1.807, 2.05) is 30.5 Å². The zero-order valence-corrected chi connectivity index (χ0v) is 10.3. The normalized spacial score (nSPS) is 12.6. The number of hydrogen-bond acceptors (Lipinski definition) is 3. The molecule has 0 aliphatic rings. The van der Waals surface area contributed by atoms with E-state index >= 15 is 0 Å². The lowest BCUT2D eigenvalue weighted by atomic mass is 10.1. The molecule has 5 heteroatoms. The van der Waals surface area contributed by atoms with Gasteiger partial charge in [0, 0.05) is 17.1 Å². The quantitative estimate of drug-likeness (QED) is 0.692. The molecule has 5 nitrogen and oxygen atoms in total. The van der Waals surface area contributed by atoms with Crippen LogP contribution in [0.3, 0.4) is 0 Å². The smallest absolute Gasteiger partial charge is 0.260 e. The van der Waals surface area contributed by atoms with Crippen LogP contribution < -0.4 is 11.2 Å².